The van der Waals surface area contributed by atoms with Crippen LogP contribution in [-0.4, -0.2) is 48.8 Å². The minimum atomic E-state index is -0.0690. The molecule has 1 aromatic rings. The number of rotatable bonds is 6. The Balaban J connectivity index is 1.77. The first-order chi connectivity index (χ1) is 10.2. The van der Waals surface area contributed by atoms with Crippen LogP contribution in [0.15, 0.2) is 12.4 Å². The quantitative estimate of drug-likeness (QED) is 0.841. The first kappa shape index (κ1) is 15.5. The molecule has 1 aliphatic rings. The third-order valence-electron chi connectivity index (χ3n) is 3.40. The van der Waals surface area contributed by atoms with Crippen molar-refractivity contribution in [3.63, 3.8) is 0 Å². The largest absolute Gasteiger partial charge is 0.480 e. The van der Waals surface area contributed by atoms with Gasteiger partial charge in [-0.3, -0.25) is 9.78 Å². The Labute approximate surface area is 124 Å². The Bertz CT molecular complexity index is 461. The fraction of sp³-hybridized carbons (Fsp3) is 0.643. The number of methoxy groups -OCH3 is 2. The minimum Gasteiger partial charge on any atom is -0.480 e. The fourth-order valence-electron chi connectivity index (χ4n) is 2.38. The van der Waals surface area contributed by atoms with Crippen molar-refractivity contribution in [2.75, 3.05) is 20.8 Å². The topological polar surface area (TPSA) is 82.6 Å². The van der Waals surface area contributed by atoms with E-state index < -0.39 is 0 Å². The van der Waals surface area contributed by atoms with Gasteiger partial charge >= 0.3 is 0 Å². The molecule has 2 rings (SSSR count). The Hall–Kier alpha value is -1.89. The molecular formula is C14H21N3O4. The number of nitrogens with one attached hydrogen (secondary N) is 1. The molecule has 0 spiro atoms. The molecule has 0 unspecified atom stereocenters. The molecule has 1 N–H and O–H groups in total. The first-order valence-electron chi connectivity index (χ1n) is 7.02. The lowest BCUT2D eigenvalue weighted by molar-refractivity contribution is -0.125. The second-order valence-electron chi connectivity index (χ2n) is 4.99. The van der Waals surface area contributed by atoms with E-state index in [9.17, 15) is 4.79 Å². The Morgan fingerprint density at radius 3 is 2.62 bits per heavy atom. The minimum absolute atomic E-state index is 0.0690. The van der Waals surface area contributed by atoms with Gasteiger partial charge in [0.05, 0.1) is 19.5 Å². The molecule has 1 aromatic heterocycles. The Kier molecular flexibility index (Phi) is 5.74. The van der Waals surface area contributed by atoms with Gasteiger partial charge in [0.1, 0.15) is 12.7 Å². The third-order valence-corrected chi connectivity index (χ3v) is 3.40. The molecule has 1 heterocycles. The molecule has 0 aromatic carbocycles. The van der Waals surface area contributed by atoms with Gasteiger partial charge in [0, 0.05) is 13.2 Å². The van der Waals surface area contributed by atoms with E-state index in [4.69, 9.17) is 14.2 Å². The van der Waals surface area contributed by atoms with Gasteiger partial charge in [0.2, 0.25) is 17.7 Å². The molecule has 0 radical (unpaired) electrons. The van der Waals surface area contributed by atoms with Crippen LogP contribution in [0, 0.1) is 0 Å². The van der Waals surface area contributed by atoms with Crippen molar-refractivity contribution in [3.05, 3.63) is 12.4 Å². The van der Waals surface area contributed by atoms with E-state index in [1.165, 1.54) is 13.3 Å². The van der Waals surface area contributed by atoms with Crippen LogP contribution in [0.5, 0.6) is 11.8 Å². The van der Waals surface area contributed by atoms with Crippen molar-refractivity contribution in [2.45, 2.75) is 37.8 Å². The lowest BCUT2D eigenvalue weighted by atomic mass is 9.93. The molecular weight excluding hydrogens is 274 g/mol. The molecule has 1 aliphatic carbocycles. The normalized spacial score (nSPS) is 21.6. The van der Waals surface area contributed by atoms with E-state index in [1.54, 1.807) is 13.3 Å². The van der Waals surface area contributed by atoms with Gasteiger partial charge in [-0.05, 0) is 25.7 Å². The van der Waals surface area contributed by atoms with Crippen LogP contribution >= 0.6 is 0 Å². The maximum atomic E-state index is 11.5. The Morgan fingerprint density at radius 2 is 1.95 bits per heavy atom. The van der Waals surface area contributed by atoms with Gasteiger partial charge in [0.15, 0.2) is 0 Å². The molecule has 1 fully saturated rings. The highest BCUT2D eigenvalue weighted by Crippen LogP contribution is 2.23. The number of carbonyl (C=O) groups is 1. The average Bonchev–Trinajstić information content (AvgIpc) is 2.50. The van der Waals surface area contributed by atoms with Crippen molar-refractivity contribution >= 4 is 5.91 Å². The lowest BCUT2D eigenvalue weighted by Crippen LogP contribution is -2.41. The van der Waals surface area contributed by atoms with E-state index in [0.29, 0.717) is 11.8 Å². The van der Waals surface area contributed by atoms with Gasteiger partial charge in [-0.2, -0.15) is 4.98 Å². The van der Waals surface area contributed by atoms with Crippen LogP contribution < -0.4 is 14.8 Å². The van der Waals surface area contributed by atoms with E-state index in [1.807, 2.05) is 0 Å². The van der Waals surface area contributed by atoms with Crippen LogP contribution in [0.2, 0.25) is 0 Å². The molecule has 0 aliphatic heterocycles. The number of carbonyl (C=O) groups excluding carboxylic acids is 1. The summed E-state index contributed by atoms with van der Waals surface area (Å²) in [6, 6.07) is 0.198. The molecule has 1 saturated carbocycles. The predicted molar refractivity (Wildman–Crippen MR) is 75.3 cm³/mol. The van der Waals surface area contributed by atoms with E-state index in [-0.39, 0.29) is 24.7 Å². The fourth-order valence-corrected chi connectivity index (χ4v) is 2.38. The number of hydrogen-bond donors (Lipinski definition) is 1. The van der Waals surface area contributed by atoms with Gasteiger partial charge in [-0.1, -0.05) is 0 Å². The summed E-state index contributed by atoms with van der Waals surface area (Å²) in [4.78, 5) is 19.7. The molecule has 0 atom stereocenters. The van der Waals surface area contributed by atoms with Crippen LogP contribution in [0.25, 0.3) is 0 Å². The monoisotopic (exact) mass is 295 g/mol. The average molecular weight is 295 g/mol. The summed E-state index contributed by atoms with van der Waals surface area (Å²) < 4.78 is 15.6. The van der Waals surface area contributed by atoms with Gasteiger partial charge in [-0.25, -0.2) is 0 Å². The molecule has 116 valence electrons. The number of nitrogens with zero attached hydrogens (tertiary/aromatic N) is 2. The molecule has 1 amide bonds. The summed E-state index contributed by atoms with van der Waals surface area (Å²) in [7, 11) is 3.06. The summed E-state index contributed by atoms with van der Waals surface area (Å²) in [6.07, 6.45) is 6.73. The summed E-state index contributed by atoms with van der Waals surface area (Å²) in [5, 5.41) is 2.95. The van der Waals surface area contributed by atoms with Crippen LogP contribution in [0.3, 0.4) is 0 Å². The molecule has 21 heavy (non-hydrogen) atoms. The van der Waals surface area contributed by atoms with Crippen molar-refractivity contribution in [1.82, 2.24) is 15.3 Å². The standard InChI is InChI=1S/C14H21N3O4/c1-19-9-12(18)16-10-3-5-11(6-4-10)21-14-8-15-7-13(17-14)20-2/h7-8,10-11H,3-6,9H2,1-2H3,(H,16,18). The molecule has 0 bridgehead atoms. The van der Waals surface area contributed by atoms with E-state index >= 15 is 0 Å². The van der Waals surface area contributed by atoms with Gasteiger partial charge < -0.3 is 19.5 Å². The second kappa shape index (κ2) is 7.78. The second-order valence-corrected chi connectivity index (χ2v) is 4.99. The SMILES string of the molecule is COCC(=O)NC1CCC(Oc2cncc(OC)n2)CC1. The zero-order valence-electron chi connectivity index (χ0n) is 12.4. The lowest BCUT2D eigenvalue weighted by Gasteiger charge is -2.29. The summed E-state index contributed by atoms with van der Waals surface area (Å²) in [5.41, 5.74) is 0. The maximum absolute atomic E-state index is 11.5. The van der Waals surface area contributed by atoms with Crippen molar-refractivity contribution in [1.29, 1.82) is 0 Å². The van der Waals surface area contributed by atoms with Crippen molar-refractivity contribution < 1.29 is 19.0 Å². The smallest absolute Gasteiger partial charge is 0.246 e. The zero-order valence-corrected chi connectivity index (χ0v) is 12.4. The van der Waals surface area contributed by atoms with Gasteiger partial charge in [-0.15, -0.1) is 0 Å². The molecule has 0 saturated heterocycles. The van der Waals surface area contributed by atoms with Crippen LogP contribution in [0.1, 0.15) is 25.7 Å². The summed E-state index contributed by atoms with van der Waals surface area (Å²) in [5.74, 6) is 0.842. The molecule has 7 nitrogen and oxygen atoms in total. The highest BCUT2D eigenvalue weighted by Gasteiger charge is 2.24. The number of hydrogen-bond acceptors (Lipinski definition) is 6. The van der Waals surface area contributed by atoms with Crippen LogP contribution in [0.4, 0.5) is 0 Å². The van der Waals surface area contributed by atoms with Gasteiger partial charge in [0.25, 0.3) is 0 Å². The zero-order chi connectivity index (χ0) is 15.1. The van der Waals surface area contributed by atoms with Crippen molar-refractivity contribution in [2.24, 2.45) is 0 Å². The predicted octanol–water partition coefficient (Wildman–Crippen LogP) is 0.938. The third kappa shape index (κ3) is 4.86. The highest BCUT2D eigenvalue weighted by molar-refractivity contribution is 5.77. The van der Waals surface area contributed by atoms with E-state index in [0.717, 1.165) is 25.7 Å². The number of amides is 1. The van der Waals surface area contributed by atoms with Crippen LogP contribution in [-0.2, 0) is 9.53 Å². The first-order valence-corrected chi connectivity index (χ1v) is 7.02. The molecule has 7 heteroatoms. The maximum Gasteiger partial charge on any atom is 0.246 e. The number of ether oxygens (including phenoxy) is 3. The van der Waals surface area contributed by atoms with E-state index in [2.05, 4.69) is 15.3 Å². The number of aromatic nitrogens is 2. The summed E-state index contributed by atoms with van der Waals surface area (Å²) in [6.45, 7) is 0.107. The Morgan fingerprint density at radius 1 is 1.24 bits per heavy atom. The summed E-state index contributed by atoms with van der Waals surface area (Å²) >= 11 is 0. The van der Waals surface area contributed by atoms with Crippen molar-refractivity contribution in [3.8, 4) is 11.8 Å². The highest BCUT2D eigenvalue weighted by atomic mass is 16.5.